The number of hydrogen-bond acceptors (Lipinski definition) is 5. The van der Waals surface area contributed by atoms with Crippen molar-refractivity contribution in [3.63, 3.8) is 0 Å². The van der Waals surface area contributed by atoms with Gasteiger partial charge in [0.1, 0.15) is 6.54 Å². The van der Waals surface area contributed by atoms with E-state index in [1.165, 1.54) is 12.1 Å². The quantitative estimate of drug-likeness (QED) is 0.475. The fourth-order valence-electron chi connectivity index (χ4n) is 3.44. The molecule has 0 aliphatic rings. The Morgan fingerprint density at radius 2 is 1.62 bits per heavy atom. The Hall–Kier alpha value is -3.65. The average Bonchev–Trinajstić information content (AvgIpc) is 2.81. The number of amides is 1. The van der Waals surface area contributed by atoms with E-state index >= 15 is 0 Å². The number of hydrogen-bond donors (Lipinski definition) is 1. The monoisotopic (exact) mass is 480 g/mol. The van der Waals surface area contributed by atoms with E-state index in [0.717, 1.165) is 15.4 Å². The number of nitrogens with zero attached hydrogens (tertiary/aromatic N) is 1. The molecule has 0 saturated heterocycles. The maximum Gasteiger partial charge on any atom is 0.338 e. The minimum atomic E-state index is -4.01. The van der Waals surface area contributed by atoms with Gasteiger partial charge in [-0.2, -0.15) is 0 Å². The fourth-order valence-corrected chi connectivity index (χ4v) is 4.87. The molecule has 0 aliphatic heterocycles. The summed E-state index contributed by atoms with van der Waals surface area (Å²) in [6.07, 6.45) is 0. The molecule has 8 heteroatoms. The number of nitrogens with one attached hydrogen (secondary N) is 1. The fraction of sp³-hybridized carbons (Fsp3) is 0.231. The lowest BCUT2D eigenvalue weighted by Gasteiger charge is -2.25. The number of anilines is 2. The lowest BCUT2D eigenvalue weighted by atomic mass is 10.1. The summed E-state index contributed by atoms with van der Waals surface area (Å²) in [7, 11) is -4.01. The molecule has 0 aromatic heterocycles. The van der Waals surface area contributed by atoms with E-state index in [2.05, 4.69) is 5.32 Å². The van der Waals surface area contributed by atoms with E-state index in [1.807, 2.05) is 19.9 Å². The van der Waals surface area contributed by atoms with Crippen LogP contribution in [0.2, 0.25) is 0 Å². The Kier molecular flexibility index (Phi) is 7.73. The molecule has 0 fully saturated rings. The summed E-state index contributed by atoms with van der Waals surface area (Å²) < 4.78 is 33.1. The van der Waals surface area contributed by atoms with Gasteiger partial charge in [-0.05, 0) is 80.8 Å². The Balaban J connectivity index is 1.95. The Morgan fingerprint density at radius 3 is 2.26 bits per heavy atom. The van der Waals surface area contributed by atoms with E-state index < -0.39 is 28.4 Å². The molecule has 0 radical (unpaired) electrons. The lowest BCUT2D eigenvalue weighted by Crippen LogP contribution is -2.38. The molecule has 3 aromatic rings. The molecule has 178 valence electrons. The molecule has 0 unspecified atom stereocenters. The maximum absolute atomic E-state index is 13.5. The smallest absolute Gasteiger partial charge is 0.338 e. The number of esters is 1. The Labute approximate surface area is 200 Å². The van der Waals surface area contributed by atoms with Crippen LogP contribution in [0.5, 0.6) is 0 Å². The zero-order valence-electron chi connectivity index (χ0n) is 19.7. The van der Waals surface area contributed by atoms with Gasteiger partial charge in [-0.15, -0.1) is 0 Å². The van der Waals surface area contributed by atoms with Crippen molar-refractivity contribution in [2.24, 2.45) is 0 Å². The first-order valence-corrected chi connectivity index (χ1v) is 12.3. The van der Waals surface area contributed by atoms with Crippen LogP contribution >= 0.6 is 0 Å². The molecule has 0 heterocycles. The van der Waals surface area contributed by atoms with Gasteiger partial charge in [0.2, 0.25) is 5.91 Å². The average molecular weight is 481 g/mol. The van der Waals surface area contributed by atoms with Gasteiger partial charge in [0.25, 0.3) is 10.0 Å². The van der Waals surface area contributed by atoms with Crippen molar-refractivity contribution in [2.75, 3.05) is 22.8 Å². The molecular weight excluding hydrogens is 452 g/mol. The van der Waals surface area contributed by atoms with E-state index in [4.69, 9.17) is 4.74 Å². The van der Waals surface area contributed by atoms with Gasteiger partial charge < -0.3 is 10.1 Å². The highest BCUT2D eigenvalue weighted by atomic mass is 32.2. The van der Waals surface area contributed by atoms with Gasteiger partial charge in [0.05, 0.1) is 22.8 Å². The highest BCUT2D eigenvalue weighted by Gasteiger charge is 2.27. The minimum Gasteiger partial charge on any atom is -0.462 e. The van der Waals surface area contributed by atoms with E-state index in [-0.39, 0.29) is 11.5 Å². The summed E-state index contributed by atoms with van der Waals surface area (Å²) in [5.74, 6) is -1.03. The third-order valence-corrected chi connectivity index (χ3v) is 7.29. The van der Waals surface area contributed by atoms with Crippen LogP contribution < -0.4 is 9.62 Å². The Bertz CT molecular complexity index is 1300. The molecule has 1 N–H and O–H groups in total. The second kappa shape index (κ2) is 10.5. The third kappa shape index (κ3) is 5.46. The van der Waals surface area contributed by atoms with Gasteiger partial charge >= 0.3 is 5.97 Å². The van der Waals surface area contributed by atoms with Crippen molar-refractivity contribution < 1.29 is 22.7 Å². The van der Waals surface area contributed by atoms with E-state index in [1.54, 1.807) is 62.4 Å². The first-order chi connectivity index (χ1) is 16.1. The van der Waals surface area contributed by atoms with Crippen LogP contribution in [0.1, 0.15) is 34.0 Å². The van der Waals surface area contributed by atoms with Gasteiger partial charge in [-0.1, -0.05) is 30.3 Å². The zero-order chi connectivity index (χ0) is 24.9. The number of benzene rings is 3. The summed E-state index contributed by atoms with van der Waals surface area (Å²) in [6, 6.07) is 18.1. The van der Waals surface area contributed by atoms with Crippen LogP contribution in [0.3, 0.4) is 0 Å². The maximum atomic E-state index is 13.5. The van der Waals surface area contributed by atoms with Crippen molar-refractivity contribution in [2.45, 2.75) is 32.6 Å². The highest BCUT2D eigenvalue weighted by Crippen LogP contribution is 2.26. The predicted octanol–water partition coefficient (Wildman–Crippen LogP) is 4.62. The van der Waals surface area contributed by atoms with Crippen molar-refractivity contribution in [3.8, 4) is 0 Å². The lowest BCUT2D eigenvalue weighted by molar-refractivity contribution is -0.114. The summed E-state index contributed by atoms with van der Waals surface area (Å²) >= 11 is 0. The molecule has 0 aliphatic carbocycles. The molecular formula is C26H28N2O5S. The van der Waals surface area contributed by atoms with Gasteiger partial charge in [-0.25, -0.2) is 13.2 Å². The number of sulfonamides is 1. The molecule has 7 nitrogen and oxygen atoms in total. The van der Waals surface area contributed by atoms with Crippen LogP contribution in [-0.4, -0.2) is 33.4 Å². The van der Waals surface area contributed by atoms with E-state index in [9.17, 15) is 18.0 Å². The normalized spacial score (nSPS) is 11.1. The molecule has 0 spiro atoms. The first-order valence-electron chi connectivity index (χ1n) is 10.9. The third-order valence-electron chi connectivity index (χ3n) is 5.50. The van der Waals surface area contributed by atoms with Crippen molar-refractivity contribution >= 4 is 33.3 Å². The van der Waals surface area contributed by atoms with Crippen LogP contribution in [0.15, 0.2) is 71.6 Å². The molecule has 3 rings (SSSR count). The van der Waals surface area contributed by atoms with Gasteiger partial charge in [0.15, 0.2) is 0 Å². The number of carbonyl (C=O) groups is 2. The SMILES string of the molecule is CCOC(=O)c1cccc(NC(=O)CN(c2ccc(C)c(C)c2)S(=O)(=O)c2ccccc2)c1C. The molecule has 3 aromatic carbocycles. The minimum absolute atomic E-state index is 0.0847. The van der Waals surface area contributed by atoms with Gasteiger partial charge in [-0.3, -0.25) is 9.10 Å². The van der Waals surface area contributed by atoms with Crippen LogP contribution in [-0.2, 0) is 19.6 Å². The number of carbonyl (C=O) groups excluding carboxylic acids is 2. The van der Waals surface area contributed by atoms with Crippen molar-refractivity contribution in [1.82, 2.24) is 0 Å². The highest BCUT2D eigenvalue weighted by molar-refractivity contribution is 7.92. The predicted molar refractivity (Wildman–Crippen MR) is 133 cm³/mol. The summed E-state index contributed by atoms with van der Waals surface area (Å²) in [6.45, 7) is 7.02. The number of ether oxygens (including phenoxy) is 1. The zero-order valence-corrected chi connectivity index (χ0v) is 20.5. The largest absolute Gasteiger partial charge is 0.462 e. The summed E-state index contributed by atoms with van der Waals surface area (Å²) in [4.78, 5) is 25.3. The Morgan fingerprint density at radius 1 is 0.912 bits per heavy atom. The van der Waals surface area contributed by atoms with Crippen molar-refractivity contribution in [3.05, 3.63) is 89.0 Å². The molecule has 0 saturated carbocycles. The van der Waals surface area contributed by atoms with Crippen LogP contribution in [0.4, 0.5) is 11.4 Å². The molecule has 34 heavy (non-hydrogen) atoms. The molecule has 0 bridgehead atoms. The molecule has 0 atom stereocenters. The standard InChI is InChI=1S/C26H28N2O5S/c1-5-33-26(30)23-12-9-13-24(20(23)4)27-25(29)17-28(21-15-14-18(2)19(3)16-21)34(31,32)22-10-7-6-8-11-22/h6-16H,5,17H2,1-4H3,(H,27,29). The van der Waals surface area contributed by atoms with Gasteiger partial charge in [0, 0.05) is 5.69 Å². The molecule has 1 amide bonds. The number of rotatable bonds is 8. The van der Waals surface area contributed by atoms with Crippen LogP contribution in [0, 0.1) is 20.8 Å². The first kappa shape index (κ1) is 25.0. The second-order valence-electron chi connectivity index (χ2n) is 7.84. The number of aryl methyl sites for hydroxylation is 2. The summed E-state index contributed by atoms with van der Waals surface area (Å²) in [5, 5.41) is 2.74. The second-order valence-corrected chi connectivity index (χ2v) is 9.70. The topological polar surface area (TPSA) is 92.8 Å². The van der Waals surface area contributed by atoms with Crippen LogP contribution in [0.25, 0.3) is 0 Å². The van der Waals surface area contributed by atoms with Crippen molar-refractivity contribution in [1.29, 1.82) is 0 Å². The summed E-state index contributed by atoms with van der Waals surface area (Å²) in [5.41, 5.74) is 3.59. The van der Waals surface area contributed by atoms with E-state index in [0.29, 0.717) is 22.5 Å².